The molecule has 1 N–H and O–H groups in total. The summed E-state index contributed by atoms with van der Waals surface area (Å²) >= 11 is 4.77. The Kier molecular flexibility index (Phi) is 3.81. The molecular weight excluding hydrogens is 240 g/mol. The van der Waals surface area contributed by atoms with Gasteiger partial charge in [0.25, 0.3) is 5.56 Å². The second-order valence-corrected chi connectivity index (χ2v) is 4.08. The molecular formula is C7H9BrN2OS. The first-order chi connectivity index (χ1) is 5.75. The Labute approximate surface area is 83.1 Å². The molecule has 0 spiro atoms. The van der Waals surface area contributed by atoms with Crippen molar-refractivity contribution < 1.29 is 0 Å². The molecule has 12 heavy (non-hydrogen) atoms. The number of thioether (sulfide) groups is 1. The maximum absolute atomic E-state index is 11.0. The van der Waals surface area contributed by atoms with E-state index in [2.05, 4.69) is 32.8 Å². The lowest BCUT2D eigenvalue weighted by Crippen LogP contribution is -2.07. The summed E-state index contributed by atoms with van der Waals surface area (Å²) < 4.78 is 0.531. The Morgan fingerprint density at radius 2 is 2.50 bits per heavy atom. The molecule has 1 rings (SSSR count). The van der Waals surface area contributed by atoms with E-state index in [9.17, 15) is 4.79 Å². The first-order valence-electron chi connectivity index (χ1n) is 3.61. The van der Waals surface area contributed by atoms with Crippen molar-refractivity contribution in [1.82, 2.24) is 9.97 Å². The Hall–Kier alpha value is -0.290. The summed E-state index contributed by atoms with van der Waals surface area (Å²) in [6.45, 7) is 2.09. The molecule has 1 heterocycles. The van der Waals surface area contributed by atoms with E-state index in [4.69, 9.17) is 0 Å². The average molecular weight is 249 g/mol. The molecule has 0 bridgehead atoms. The summed E-state index contributed by atoms with van der Waals surface area (Å²) in [5.74, 6) is 0.981. The number of rotatable bonds is 3. The zero-order valence-electron chi connectivity index (χ0n) is 6.63. The van der Waals surface area contributed by atoms with E-state index >= 15 is 0 Å². The second-order valence-electron chi connectivity index (χ2n) is 2.20. The van der Waals surface area contributed by atoms with Gasteiger partial charge in [-0.1, -0.05) is 6.92 Å². The molecule has 0 amide bonds. The van der Waals surface area contributed by atoms with Gasteiger partial charge < -0.3 is 4.98 Å². The summed E-state index contributed by atoms with van der Waals surface area (Å²) in [5, 5.41) is 0.764. The second kappa shape index (κ2) is 4.67. The minimum atomic E-state index is -0.122. The highest BCUT2D eigenvalue weighted by molar-refractivity contribution is 9.10. The molecule has 0 aliphatic carbocycles. The van der Waals surface area contributed by atoms with E-state index in [1.54, 1.807) is 11.8 Å². The molecule has 1 aromatic heterocycles. The number of nitrogens with one attached hydrogen (secondary N) is 1. The highest BCUT2D eigenvalue weighted by atomic mass is 79.9. The summed E-state index contributed by atoms with van der Waals surface area (Å²) in [4.78, 5) is 17.6. The van der Waals surface area contributed by atoms with Crippen LogP contribution in [0.2, 0.25) is 0 Å². The van der Waals surface area contributed by atoms with E-state index in [0.717, 1.165) is 17.2 Å². The minimum absolute atomic E-state index is 0.122. The van der Waals surface area contributed by atoms with Gasteiger partial charge in [0.15, 0.2) is 0 Å². The van der Waals surface area contributed by atoms with Crippen LogP contribution < -0.4 is 5.56 Å². The Bertz CT molecular complexity index is 313. The minimum Gasteiger partial charge on any atom is -0.312 e. The van der Waals surface area contributed by atoms with Crippen LogP contribution in [0.15, 0.2) is 20.6 Å². The number of nitrogens with zero attached hydrogens (tertiary/aromatic N) is 1. The average Bonchev–Trinajstić information content (AvgIpc) is 2.08. The lowest BCUT2D eigenvalue weighted by molar-refractivity contribution is 0.985. The Balaban J connectivity index is 2.85. The molecule has 5 heteroatoms. The van der Waals surface area contributed by atoms with Crippen LogP contribution >= 0.6 is 27.7 Å². The summed E-state index contributed by atoms with van der Waals surface area (Å²) in [7, 11) is 0. The summed E-state index contributed by atoms with van der Waals surface area (Å²) in [6.07, 6.45) is 2.50. The van der Waals surface area contributed by atoms with Crippen molar-refractivity contribution in [2.45, 2.75) is 18.4 Å². The Morgan fingerprint density at radius 1 is 1.75 bits per heavy atom. The predicted octanol–water partition coefficient (Wildman–Crippen LogP) is 2.03. The van der Waals surface area contributed by atoms with Gasteiger partial charge in [-0.05, 0) is 28.1 Å². The SMILES string of the molecule is CCCSc1nc[nH]c(=O)c1Br. The lowest BCUT2D eigenvalue weighted by Gasteiger charge is -1.98. The van der Waals surface area contributed by atoms with Crippen molar-refractivity contribution >= 4 is 27.7 Å². The maximum Gasteiger partial charge on any atom is 0.266 e. The summed E-state index contributed by atoms with van der Waals surface area (Å²) in [5.41, 5.74) is -0.122. The number of H-pyrrole nitrogens is 1. The van der Waals surface area contributed by atoms with E-state index < -0.39 is 0 Å². The van der Waals surface area contributed by atoms with Crippen molar-refractivity contribution in [3.05, 3.63) is 21.2 Å². The van der Waals surface area contributed by atoms with Crippen LogP contribution in [0.3, 0.4) is 0 Å². The van der Waals surface area contributed by atoms with Crippen LogP contribution in [0, 0.1) is 0 Å². The number of aromatic nitrogens is 2. The van der Waals surface area contributed by atoms with Gasteiger partial charge in [0.05, 0.1) is 6.33 Å². The van der Waals surface area contributed by atoms with Gasteiger partial charge in [-0.15, -0.1) is 11.8 Å². The summed E-state index contributed by atoms with van der Waals surface area (Å²) in [6, 6.07) is 0. The molecule has 0 aliphatic rings. The van der Waals surface area contributed by atoms with Gasteiger partial charge in [-0.2, -0.15) is 0 Å². The Morgan fingerprint density at radius 3 is 3.17 bits per heavy atom. The molecule has 0 saturated carbocycles. The fourth-order valence-electron chi connectivity index (χ4n) is 0.666. The van der Waals surface area contributed by atoms with Crippen LogP contribution in [0.25, 0.3) is 0 Å². The third-order valence-electron chi connectivity index (χ3n) is 1.21. The normalized spacial score (nSPS) is 10.2. The molecule has 0 aromatic carbocycles. The number of halogens is 1. The van der Waals surface area contributed by atoms with Gasteiger partial charge in [0.1, 0.15) is 9.50 Å². The van der Waals surface area contributed by atoms with Crippen molar-refractivity contribution in [2.75, 3.05) is 5.75 Å². The molecule has 66 valence electrons. The molecule has 0 atom stereocenters. The fourth-order valence-corrected chi connectivity index (χ4v) is 1.97. The highest BCUT2D eigenvalue weighted by Gasteiger charge is 2.03. The quantitative estimate of drug-likeness (QED) is 0.658. The van der Waals surface area contributed by atoms with Crippen molar-refractivity contribution in [3.8, 4) is 0 Å². The maximum atomic E-state index is 11.0. The third-order valence-corrected chi connectivity index (χ3v) is 3.40. The molecule has 3 nitrogen and oxygen atoms in total. The fraction of sp³-hybridized carbons (Fsp3) is 0.429. The molecule has 1 aromatic rings. The highest BCUT2D eigenvalue weighted by Crippen LogP contribution is 2.21. The first kappa shape index (κ1) is 9.80. The first-order valence-corrected chi connectivity index (χ1v) is 5.39. The van der Waals surface area contributed by atoms with Crippen LogP contribution in [0.5, 0.6) is 0 Å². The molecule has 0 unspecified atom stereocenters. The zero-order valence-corrected chi connectivity index (χ0v) is 9.04. The van der Waals surface area contributed by atoms with E-state index in [1.807, 2.05) is 0 Å². The molecule has 0 aliphatic heterocycles. The van der Waals surface area contributed by atoms with E-state index in [-0.39, 0.29) is 5.56 Å². The van der Waals surface area contributed by atoms with Gasteiger partial charge in [-0.3, -0.25) is 4.79 Å². The van der Waals surface area contributed by atoms with Crippen LogP contribution in [0.4, 0.5) is 0 Å². The van der Waals surface area contributed by atoms with E-state index in [1.165, 1.54) is 6.33 Å². The molecule has 0 radical (unpaired) electrons. The number of aromatic amines is 1. The zero-order chi connectivity index (χ0) is 8.97. The van der Waals surface area contributed by atoms with Crippen molar-refractivity contribution in [1.29, 1.82) is 0 Å². The standard InChI is InChI=1S/C7H9BrN2OS/c1-2-3-12-7-5(8)6(11)9-4-10-7/h4H,2-3H2,1H3,(H,9,10,11). The van der Waals surface area contributed by atoms with Crippen LogP contribution in [-0.2, 0) is 0 Å². The lowest BCUT2D eigenvalue weighted by atomic mass is 10.6. The van der Waals surface area contributed by atoms with E-state index in [0.29, 0.717) is 4.47 Å². The van der Waals surface area contributed by atoms with Gasteiger partial charge in [0.2, 0.25) is 0 Å². The van der Waals surface area contributed by atoms with Gasteiger partial charge >= 0.3 is 0 Å². The van der Waals surface area contributed by atoms with Gasteiger partial charge in [-0.25, -0.2) is 4.98 Å². The predicted molar refractivity (Wildman–Crippen MR) is 53.6 cm³/mol. The molecule has 0 saturated heterocycles. The monoisotopic (exact) mass is 248 g/mol. The van der Waals surface area contributed by atoms with Crippen LogP contribution in [-0.4, -0.2) is 15.7 Å². The largest absolute Gasteiger partial charge is 0.312 e. The van der Waals surface area contributed by atoms with Crippen molar-refractivity contribution in [3.63, 3.8) is 0 Å². The van der Waals surface area contributed by atoms with Gasteiger partial charge in [0, 0.05) is 0 Å². The third kappa shape index (κ3) is 2.35. The topological polar surface area (TPSA) is 45.8 Å². The van der Waals surface area contributed by atoms with Crippen molar-refractivity contribution in [2.24, 2.45) is 0 Å². The smallest absolute Gasteiger partial charge is 0.266 e. The number of hydrogen-bond acceptors (Lipinski definition) is 3. The van der Waals surface area contributed by atoms with Crippen LogP contribution in [0.1, 0.15) is 13.3 Å². The number of hydrogen-bond donors (Lipinski definition) is 1. The molecule has 0 fully saturated rings.